The van der Waals surface area contributed by atoms with Crippen molar-refractivity contribution >= 4 is 24.2 Å². The highest BCUT2D eigenvalue weighted by Crippen LogP contribution is 2.20. The number of aromatic nitrogens is 1. The summed E-state index contributed by atoms with van der Waals surface area (Å²) < 4.78 is 0. The predicted octanol–water partition coefficient (Wildman–Crippen LogP) is 1.96. The molecule has 1 aliphatic rings. The maximum Gasteiger partial charge on any atom is 0.252 e. The average Bonchev–Trinajstić information content (AvgIpc) is 3.21. The van der Waals surface area contributed by atoms with Gasteiger partial charge in [0.2, 0.25) is 5.91 Å². The topological polar surface area (TPSA) is 82.5 Å². The maximum atomic E-state index is 12.9. The minimum Gasteiger partial charge on any atom is -0.386 e. The fourth-order valence-electron chi connectivity index (χ4n) is 2.98. The molecule has 1 saturated heterocycles. The second-order valence-corrected chi connectivity index (χ2v) is 6.07. The number of amides is 2. The van der Waals surface area contributed by atoms with Crippen LogP contribution < -0.4 is 5.32 Å². The molecule has 1 aromatic carbocycles. The number of nitrogens with zero attached hydrogens (tertiary/aromatic N) is 2. The summed E-state index contributed by atoms with van der Waals surface area (Å²) in [5.41, 5.74) is 0.990. The summed E-state index contributed by atoms with van der Waals surface area (Å²) in [4.78, 5) is 31.0. The SMILES string of the molecule is Cl.O=C(N[C@@H](C(=O)N1CCCC1)[C@@H](O)c1ccncc1)c1ccccc1. The van der Waals surface area contributed by atoms with E-state index in [2.05, 4.69) is 10.3 Å². The van der Waals surface area contributed by atoms with Gasteiger partial charge in [-0.3, -0.25) is 14.6 Å². The second-order valence-electron chi connectivity index (χ2n) is 6.07. The van der Waals surface area contributed by atoms with E-state index in [9.17, 15) is 14.7 Å². The van der Waals surface area contributed by atoms with E-state index in [1.54, 1.807) is 53.7 Å². The Morgan fingerprint density at radius 2 is 1.65 bits per heavy atom. The summed E-state index contributed by atoms with van der Waals surface area (Å²) in [5, 5.41) is 13.4. The van der Waals surface area contributed by atoms with Crippen LogP contribution in [0.1, 0.15) is 34.9 Å². The lowest BCUT2D eigenvalue weighted by molar-refractivity contribution is -0.135. The molecule has 7 heteroatoms. The van der Waals surface area contributed by atoms with E-state index in [-0.39, 0.29) is 24.2 Å². The first-order valence-electron chi connectivity index (χ1n) is 8.39. The lowest BCUT2D eigenvalue weighted by Gasteiger charge is -2.28. The van der Waals surface area contributed by atoms with Crippen LogP contribution in [0.5, 0.6) is 0 Å². The van der Waals surface area contributed by atoms with Gasteiger partial charge in [0.25, 0.3) is 5.91 Å². The molecule has 3 rings (SSSR count). The molecule has 26 heavy (non-hydrogen) atoms. The first-order valence-corrected chi connectivity index (χ1v) is 8.39. The highest BCUT2D eigenvalue weighted by atomic mass is 35.5. The zero-order chi connectivity index (χ0) is 17.6. The molecule has 0 bridgehead atoms. The zero-order valence-electron chi connectivity index (χ0n) is 14.2. The number of hydrogen-bond acceptors (Lipinski definition) is 4. The summed E-state index contributed by atoms with van der Waals surface area (Å²) in [6.07, 6.45) is 3.85. The smallest absolute Gasteiger partial charge is 0.252 e. The third-order valence-electron chi connectivity index (χ3n) is 4.37. The van der Waals surface area contributed by atoms with Crippen molar-refractivity contribution in [1.82, 2.24) is 15.2 Å². The molecule has 0 radical (unpaired) electrons. The molecule has 2 aromatic rings. The molecule has 2 heterocycles. The van der Waals surface area contributed by atoms with Crippen LogP contribution in [0.4, 0.5) is 0 Å². The molecule has 1 aromatic heterocycles. The van der Waals surface area contributed by atoms with Crippen molar-refractivity contribution < 1.29 is 14.7 Å². The number of nitrogens with one attached hydrogen (secondary N) is 1. The lowest BCUT2D eigenvalue weighted by atomic mass is 10.0. The number of aliphatic hydroxyl groups excluding tert-OH is 1. The summed E-state index contributed by atoms with van der Waals surface area (Å²) in [7, 11) is 0. The Morgan fingerprint density at radius 3 is 2.27 bits per heavy atom. The number of aliphatic hydroxyl groups is 1. The van der Waals surface area contributed by atoms with E-state index in [4.69, 9.17) is 0 Å². The van der Waals surface area contributed by atoms with E-state index in [1.165, 1.54) is 0 Å². The quantitative estimate of drug-likeness (QED) is 0.836. The van der Waals surface area contributed by atoms with Crippen LogP contribution in [-0.2, 0) is 4.79 Å². The standard InChI is InChI=1S/C19H21N3O3.ClH/c23-17(14-8-10-20-11-9-14)16(19(25)22-12-4-5-13-22)21-18(24)15-6-2-1-3-7-15;/h1-3,6-11,16-17,23H,4-5,12-13H2,(H,21,24);1H/t16-,17+;/m1./s1. The third-order valence-corrected chi connectivity index (χ3v) is 4.37. The monoisotopic (exact) mass is 375 g/mol. The Balaban J connectivity index is 0.00000243. The van der Waals surface area contributed by atoms with Crippen molar-refractivity contribution in [1.29, 1.82) is 0 Å². The van der Waals surface area contributed by atoms with Gasteiger partial charge in [-0.15, -0.1) is 12.4 Å². The van der Waals surface area contributed by atoms with Crippen molar-refractivity contribution in [2.45, 2.75) is 25.0 Å². The first-order chi connectivity index (χ1) is 12.2. The summed E-state index contributed by atoms with van der Waals surface area (Å²) in [6.45, 7) is 1.30. The van der Waals surface area contributed by atoms with Crippen LogP contribution in [0.3, 0.4) is 0 Å². The van der Waals surface area contributed by atoms with E-state index in [1.807, 2.05) is 6.07 Å². The van der Waals surface area contributed by atoms with Gasteiger partial charge in [-0.2, -0.15) is 0 Å². The van der Waals surface area contributed by atoms with Crippen molar-refractivity contribution in [3.8, 4) is 0 Å². The maximum absolute atomic E-state index is 12.9. The largest absolute Gasteiger partial charge is 0.386 e. The number of carbonyl (C=O) groups excluding carboxylic acids is 2. The number of pyridine rings is 1. The van der Waals surface area contributed by atoms with E-state index < -0.39 is 12.1 Å². The Labute approximate surface area is 158 Å². The second kappa shape index (κ2) is 9.31. The van der Waals surface area contributed by atoms with Crippen LogP contribution in [0.15, 0.2) is 54.9 Å². The molecule has 0 aliphatic carbocycles. The van der Waals surface area contributed by atoms with Gasteiger partial charge in [-0.1, -0.05) is 18.2 Å². The van der Waals surface area contributed by atoms with Crippen LogP contribution >= 0.6 is 12.4 Å². The van der Waals surface area contributed by atoms with Crippen LogP contribution in [-0.4, -0.2) is 45.9 Å². The summed E-state index contributed by atoms with van der Waals surface area (Å²) >= 11 is 0. The number of likely N-dealkylation sites (tertiary alicyclic amines) is 1. The van der Waals surface area contributed by atoms with Gasteiger partial charge >= 0.3 is 0 Å². The number of rotatable bonds is 5. The van der Waals surface area contributed by atoms with Gasteiger partial charge in [-0.25, -0.2) is 0 Å². The number of hydrogen-bond donors (Lipinski definition) is 2. The number of halogens is 1. The van der Waals surface area contributed by atoms with Gasteiger partial charge in [0.1, 0.15) is 12.1 Å². The number of carbonyl (C=O) groups is 2. The molecule has 0 unspecified atom stereocenters. The average molecular weight is 376 g/mol. The third kappa shape index (κ3) is 4.59. The fourth-order valence-corrected chi connectivity index (χ4v) is 2.98. The van der Waals surface area contributed by atoms with Crippen molar-refractivity contribution in [2.75, 3.05) is 13.1 Å². The van der Waals surface area contributed by atoms with Gasteiger partial charge in [0.15, 0.2) is 0 Å². The normalized spacial score (nSPS) is 15.7. The predicted molar refractivity (Wildman–Crippen MR) is 100.0 cm³/mol. The van der Waals surface area contributed by atoms with Crippen LogP contribution in [0, 0.1) is 0 Å². The summed E-state index contributed by atoms with van der Waals surface area (Å²) in [6, 6.07) is 10.9. The van der Waals surface area contributed by atoms with Crippen LogP contribution in [0.2, 0.25) is 0 Å². The van der Waals surface area contributed by atoms with Gasteiger partial charge in [0, 0.05) is 31.0 Å². The molecule has 1 aliphatic heterocycles. The molecule has 138 valence electrons. The highest BCUT2D eigenvalue weighted by molar-refractivity contribution is 5.97. The summed E-state index contributed by atoms with van der Waals surface area (Å²) in [5.74, 6) is -0.641. The molecule has 6 nitrogen and oxygen atoms in total. The molecule has 0 spiro atoms. The number of benzene rings is 1. The minimum absolute atomic E-state index is 0. The van der Waals surface area contributed by atoms with Gasteiger partial charge in [-0.05, 0) is 42.7 Å². The van der Waals surface area contributed by atoms with Gasteiger partial charge < -0.3 is 15.3 Å². The Hall–Kier alpha value is -2.44. The fraction of sp³-hybridized carbons (Fsp3) is 0.316. The van der Waals surface area contributed by atoms with E-state index >= 15 is 0 Å². The molecular formula is C19H22ClN3O3. The Bertz CT molecular complexity index is 721. The first kappa shape index (κ1) is 19.9. The van der Waals surface area contributed by atoms with E-state index in [0.29, 0.717) is 24.2 Å². The highest BCUT2D eigenvalue weighted by Gasteiger charge is 2.34. The van der Waals surface area contributed by atoms with E-state index in [0.717, 1.165) is 12.8 Å². The van der Waals surface area contributed by atoms with Crippen molar-refractivity contribution in [3.05, 3.63) is 66.0 Å². The molecule has 2 N–H and O–H groups in total. The lowest BCUT2D eigenvalue weighted by Crippen LogP contribution is -2.51. The molecule has 0 saturated carbocycles. The van der Waals surface area contributed by atoms with Gasteiger partial charge in [0.05, 0.1) is 0 Å². The van der Waals surface area contributed by atoms with Crippen LogP contribution in [0.25, 0.3) is 0 Å². The van der Waals surface area contributed by atoms with Crippen molar-refractivity contribution in [3.63, 3.8) is 0 Å². The Kier molecular flexibility index (Phi) is 7.12. The van der Waals surface area contributed by atoms with Crippen molar-refractivity contribution in [2.24, 2.45) is 0 Å². The molecular weight excluding hydrogens is 354 g/mol. The molecule has 2 atom stereocenters. The zero-order valence-corrected chi connectivity index (χ0v) is 15.1. The Morgan fingerprint density at radius 1 is 1.04 bits per heavy atom. The molecule has 2 amide bonds. The molecule has 1 fully saturated rings. The minimum atomic E-state index is -1.14.